The summed E-state index contributed by atoms with van der Waals surface area (Å²) in [5.74, 6) is 1.65. The lowest BCUT2D eigenvalue weighted by Gasteiger charge is -2.33. The average molecular weight is 565 g/mol. The molecular formula is C32H37ClN2O3S. The molecule has 0 spiro atoms. The van der Waals surface area contributed by atoms with Crippen LogP contribution in [0.25, 0.3) is 0 Å². The monoisotopic (exact) mass is 564 g/mol. The van der Waals surface area contributed by atoms with Gasteiger partial charge in [0.1, 0.15) is 11.8 Å². The zero-order valence-electron chi connectivity index (χ0n) is 22.5. The summed E-state index contributed by atoms with van der Waals surface area (Å²) in [4.78, 5) is 29.4. The highest BCUT2D eigenvalue weighted by atomic mass is 35.5. The van der Waals surface area contributed by atoms with Gasteiger partial charge in [0.15, 0.2) is 0 Å². The van der Waals surface area contributed by atoms with Crippen LogP contribution in [0.15, 0.2) is 78.9 Å². The fourth-order valence-electron chi connectivity index (χ4n) is 4.95. The molecule has 0 saturated heterocycles. The van der Waals surface area contributed by atoms with E-state index in [-0.39, 0.29) is 23.6 Å². The largest absolute Gasteiger partial charge is 0.497 e. The first-order valence-corrected chi connectivity index (χ1v) is 15.1. The Labute approximate surface area is 241 Å². The van der Waals surface area contributed by atoms with E-state index in [1.165, 1.54) is 6.42 Å². The minimum Gasteiger partial charge on any atom is -0.497 e. The van der Waals surface area contributed by atoms with Gasteiger partial charge >= 0.3 is 0 Å². The summed E-state index contributed by atoms with van der Waals surface area (Å²) < 4.78 is 5.25. The summed E-state index contributed by atoms with van der Waals surface area (Å²) in [6.07, 6.45) is 5.92. The number of methoxy groups -OCH3 is 1. The van der Waals surface area contributed by atoms with Crippen LogP contribution >= 0.6 is 23.4 Å². The molecule has 7 heteroatoms. The number of carbonyl (C=O) groups excluding carboxylic acids is 2. The van der Waals surface area contributed by atoms with Crippen LogP contribution in [0.1, 0.15) is 48.8 Å². The third-order valence-corrected chi connectivity index (χ3v) is 8.38. The quantitative estimate of drug-likeness (QED) is 0.267. The van der Waals surface area contributed by atoms with Gasteiger partial charge < -0.3 is 15.0 Å². The van der Waals surface area contributed by atoms with E-state index in [0.29, 0.717) is 23.7 Å². The summed E-state index contributed by atoms with van der Waals surface area (Å²) in [5.41, 5.74) is 3.09. The Morgan fingerprint density at radius 3 is 2.26 bits per heavy atom. The van der Waals surface area contributed by atoms with Crippen LogP contribution in [0.2, 0.25) is 5.02 Å². The van der Waals surface area contributed by atoms with E-state index in [1.807, 2.05) is 78.9 Å². The van der Waals surface area contributed by atoms with Crippen molar-refractivity contribution in [3.8, 4) is 5.75 Å². The predicted molar refractivity (Wildman–Crippen MR) is 160 cm³/mol. The SMILES string of the molecule is COc1ccc(CSCC(=O)N(Cc2ccc(Cl)cc2)[C@@H](Cc2ccccc2)C(=O)NC2CCCCC2)cc1. The lowest BCUT2D eigenvalue weighted by atomic mass is 9.94. The number of halogens is 1. The van der Waals surface area contributed by atoms with Gasteiger partial charge in [0.25, 0.3) is 0 Å². The lowest BCUT2D eigenvalue weighted by Crippen LogP contribution is -2.53. The molecule has 39 heavy (non-hydrogen) atoms. The normalized spacial score (nSPS) is 14.4. The molecule has 5 nitrogen and oxygen atoms in total. The first-order valence-electron chi connectivity index (χ1n) is 13.6. The zero-order chi connectivity index (χ0) is 27.5. The Balaban J connectivity index is 1.54. The molecular weight excluding hydrogens is 528 g/mol. The van der Waals surface area contributed by atoms with E-state index in [1.54, 1.807) is 23.8 Å². The van der Waals surface area contributed by atoms with Gasteiger partial charge in [-0.2, -0.15) is 0 Å². The standard InChI is InChI=1S/C32H37ClN2O3S/c1-38-29-18-14-26(15-19-29)22-39-23-31(36)35(21-25-12-16-27(33)17-13-25)30(20-24-8-4-2-5-9-24)32(37)34-28-10-6-3-7-11-28/h2,4-5,8-9,12-19,28,30H,3,6-7,10-11,20-23H2,1H3,(H,34,37)/t30-/m0/s1. The molecule has 1 N–H and O–H groups in total. The molecule has 0 aliphatic heterocycles. The van der Waals surface area contributed by atoms with Crippen molar-refractivity contribution >= 4 is 35.2 Å². The molecule has 0 unspecified atom stereocenters. The number of carbonyl (C=O) groups is 2. The third kappa shape index (κ3) is 9.04. The van der Waals surface area contributed by atoms with E-state index in [2.05, 4.69) is 5.32 Å². The number of amides is 2. The van der Waals surface area contributed by atoms with Crippen LogP contribution in [-0.4, -0.2) is 41.7 Å². The second-order valence-electron chi connectivity index (χ2n) is 10.0. The highest BCUT2D eigenvalue weighted by molar-refractivity contribution is 7.99. The van der Waals surface area contributed by atoms with E-state index in [4.69, 9.17) is 16.3 Å². The number of benzene rings is 3. The molecule has 3 aromatic rings. The van der Waals surface area contributed by atoms with Gasteiger partial charge in [-0.25, -0.2) is 0 Å². The van der Waals surface area contributed by atoms with Gasteiger partial charge in [0.2, 0.25) is 11.8 Å². The van der Waals surface area contributed by atoms with Crippen molar-refractivity contribution in [2.45, 2.75) is 62.9 Å². The summed E-state index contributed by atoms with van der Waals surface area (Å²) >= 11 is 7.68. The highest BCUT2D eigenvalue weighted by Crippen LogP contribution is 2.22. The third-order valence-electron chi connectivity index (χ3n) is 7.14. The Kier molecular flexibility index (Phi) is 11.2. The maximum atomic E-state index is 13.8. The summed E-state index contributed by atoms with van der Waals surface area (Å²) in [5, 5.41) is 3.93. The van der Waals surface area contributed by atoms with Crippen molar-refractivity contribution in [1.82, 2.24) is 10.2 Å². The number of ether oxygens (including phenoxy) is 1. The van der Waals surface area contributed by atoms with Gasteiger partial charge in [-0.3, -0.25) is 9.59 Å². The molecule has 1 aliphatic carbocycles. The molecule has 0 radical (unpaired) electrons. The minimum atomic E-state index is -0.612. The maximum Gasteiger partial charge on any atom is 0.243 e. The number of nitrogens with zero attached hydrogens (tertiary/aromatic N) is 1. The molecule has 4 rings (SSSR count). The summed E-state index contributed by atoms with van der Waals surface area (Å²) in [6.45, 7) is 0.342. The molecule has 0 bridgehead atoms. The van der Waals surface area contributed by atoms with Crippen LogP contribution in [0.3, 0.4) is 0 Å². The molecule has 2 amide bonds. The van der Waals surface area contributed by atoms with Crippen LogP contribution in [0.5, 0.6) is 5.75 Å². The highest BCUT2D eigenvalue weighted by Gasteiger charge is 2.31. The summed E-state index contributed by atoms with van der Waals surface area (Å²) in [6, 6.07) is 24.9. The Bertz CT molecular complexity index is 1180. The van der Waals surface area contributed by atoms with Crippen molar-refractivity contribution in [3.05, 3.63) is 101 Å². The lowest BCUT2D eigenvalue weighted by molar-refractivity contribution is -0.139. The minimum absolute atomic E-state index is 0.0526. The molecule has 3 aromatic carbocycles. The summed E-state index contributed by atoms with van der Waals surface area (Å²) in [7, 11) is 1.65. The molecule has 206 valence electrons. The Morgan fingerprint density at radius 1 is 0.923 bits per heavy atom. The molecule has 1 fully saturated rings. The Morgan fingerprint density at radius 2 is 1.59 bits per heavy atom. The number of rotatable bonds is 12. The molecule has 1 saturated carbocycles. The van der Waals surface area contributed by atoms with Crippen LogP contribution in [-0.2, 0) is 28.3 Å². The van der Waals surface area contributed by atoms with Gasteiger partial charge in [-0.05, 0) is 53.8 Å². The van der Waals surface area contributed by atoms with Crippen LogP contribution in [0.4, 0.5) is 0 Å². The number of hydrogen-bond donors (Lipinski definition) is 1. The fourth-order valence-corrected chi connectivity index (χ4v) is 5.94. The smallest absolute Gasteiger partial charge is 0.243 e. The molecule has 0 aromatic heterocycles. The molecule has 0 heterocycles. The van der Waals surface area contributed by atoms with E-state index in [9.17, 15) is 9.59 Å². The number of thioether (sulfide) groups is 1. The zero-order valence-corrected chi connectivity index (χ0v) is 24.1. The van der Waals surface area contributed by atoms with Crippen molar-refractivity contribution in [1.29, 1.82) is 0 Å². The van der Waals surface area contributed by atoms with Crippen molar-refractivity contribution in [2.24, 2.45) is 0 Å². The van der Waals surface area contributed by atoms with Crippen LogP contribution < -0.4 is 10.1 Å². The number of hydrogen-bond acceptors (Lipinski definition) is 4. The topological polar surface area (TPSA) is 58.6 Å². The van der Waals surface area contributed by atoms with Gasteiger partial charge in [-0.1, -0.05) is 85.5 Å². The van der Waals surface area contributed by atoms with E-state index >= 15 is 0 Å². The molecule has 1 aliphatic rings. The predicted octanol–water partition coefficient (Wildman–Crippen LogP) is 6.67. The Hall–Kier alpha value is -2.96. The van der Waals surface area contributed by atoms with Gasteiger partial charge in [0.05, 0.1) is 12.9 Å². The first kappa shape index (κ1) is 29.0. The van der Waals surface area contributed by atoms with E-state index < -0.39 is 6.04 Å². The maximum absolute atomic E-state index is 13.8. The first-order chi connectivity index (χ1) is 19.0. The van der Waals surface area contributed by atoms with Crippen molar-refractivity contribution < 1.29 is 14.3 Å². The van der Waals surface area contributed by atoms with Crippen LogP contribution in [0, 0.1) is 0 Å². The second-order valence-corrected chi connectivity index (χ2v) is 11.5. The fraction of sp³-hybridized carbons (Fsp3) is 0.375. The van der Waals surface area contributed by atoms with Gasteiger partial charge in [-0.15, -0.1) is 11.8 Å². The molecule has 1 atom stereocenters. The van der Waals surface area contributed by atoms with Crippen molar-refractivity contribution in [3.63, 3.8) is 0 Å². The van der Waals surface area contributed by atoms with E-state index in [0.717, 1.165) is 48.1 Å². The van der Waals surface area contributed by atoms with Gasteiger partial charge in [0, 0.05) is 29.8 Å². The average Bonchev–Trinajstić information content (AvgIpc) is 2.97. The number of nitrogens with one attached hydrogen (secondary N) is 1. The second kappa shape index (κ2) is 15.0. The van der Waals surface area contributed by atoms with Crippen molar-refractivity contribution in [2.75, 3.05) is 12.9 Å².